The quantitative estimate of drug-likeness (QED) is 0.178. The number of benzene rings is 9. The third-order valence-corrected chi connectivity index (χ3v) is 11.4. The maximum absolute atomic E-state index is 7.00. The molecule has 0 unspecified atom stereocenters. The molecule has 56 heavy (non-hydrogen) atoms. The minimum absolute atomic E-state index is 0.851. The van der Waals surface area contributed by atoms with E-state index in [-0.39, 0.29) is 0 Å². The molecule has 0 bridgehead atoms. The number of fused-ring (bicyclic) bond motifs is 11. The summed E-state index contributed by atoms with van der Waals surface area (Å²) in [7, 11) is 0. The van der Waals surface area contributed by atoms with Gasteiger partial charge in [0.2, 0.25) is 0 Å². The maximum atomic E-state index is 7.00. The van der Waals surface area contributed by atoms with Gasteiger partial charge in [-0.1, -0.05) is 121 Å². The van der Waals surface area contributed by atoms with E-state index in [2.05, 4.69) is 191 Å². The van der Waals surface area contributed by atoms with E-state index >= 15 is 0 Å². The second kappa shape index (κ2) is 12.0. The van der Waals surface area contributed by atoms with Crippen LogP contribution in [0.1, 0.15) is 0 Å². The van der Waals surface area contributed by atoms with Gasteiger partial charge in [0.05, 0.1) is 22.4 Å². The van der Waals surface area contributed by atoms with Crippen LogP contribution >= 0.6 is 0 Å². The van der Waals surface area contributed by atoms with Crippen molar-refractivity contribution >= 4 is 93.5 Å². The van der Waals surface area contributed by atoms with Crippen LogP contribution in [0.4, 0.5) is 17.1 Å². The van der Waals surface area contributed by atoms with Gasteiger partial charge in [0.25, 0.3) is 0 Å². The Morgan fingerprint density at radius 3 is 1.93 bits per heavy atom. The lowest BCUT2D eigenvalue weighted by Crippen LogP contribution is -2.10. The van der Waals surface area contributed by atoms with Crippen molar-refractivity contribution in [2.75, 3.05) is 4.90 Å². The molecule has 12 aromatic rings. The molecule has 0 aliphatic heterocycles. The lowest BCUT2D eigenvalue weighted by atomic mass is 10.0. The first-order valence-electron chi connectivity index (χ1n) is 19.0. The standard InChI is InChI=1S/C52H32N2O2/c1-2-13-36(14-3-1)53-44-19-8-6-17-42(44)50-45(53)20-11-21-46(50)54(47-22-10-18-40-41-30-26-34-12-4-5-15-38(34)51(41)56-52(40)47)37-28-24-33(25-29-37)35-27-31-49-43(32-35)39-16-7-9-23-48(39)55-49/h1-32H. The summed E-state index contributed by atoms with van der Waals surface area (Å²) in [6, 6.07) is 69.0. The molecule has 0 radical (unpaired) electrons. The Hall–Kier alpha value is -7.56. The molecule has 0 aliphatic rings. The summed E-state index contributed by atoms with van der Waals surface area (Å²) in [6.45, 7) is 0. The van der Waals surface area contributed by atoms with Gasteiger partial charge in [-0.05, 0) is 89.3 Å². The first-order chi connectivity index (χ1) is 27.8. The smallest absolute Gasteiger partial charge is 0.159 e. The van der Waals surface area contributed by atoms with E-state index in [1.165, 1.54) is 10.8 Å². The second-order valence-corrected chi connectivity index (χ2v) is 14.5. The molecule has 0 N–H and O–H groups in total. The van der Waals surface area contributed by atoms with Crippen LogP contribution in [0.15, 0.2) is 203 Å². The Balaban J connectivity index is 1.11. The van der Waals surface area contributed by atoms with Gasteiger partial charge in [-0.2, -0.15) is 0 Å². The Morgan fingerprint density at radius 1 is 0.375 bits per heavy atom. The van der Waals surface area contributed by atoms with Crippen molar-refractivity contribution in [2.45, 2.75) is 0 Å². The molecule has 9 aromatic carbocycles. The molecule has 4 nitrogen and oxygen atoms in total. The van der Waals surface area contributed by atoms with Gasteiger partial charge in [0.1, 0.15) is 16.7 Å². The molecule has 0 spiro atoms. The van der Waals surface area contributed by atoms with Gasteiger partial charge in [-0.15, -0.1) is 0 Å². The van der Waals surface area contributed by atoms with Crippen molar-refractivity contribution in [3.05, 3.63) is 194 Å². The Bertz CT molecular complexity index is 3480. The summed E-state index contributed by atoms with van der Waals surface area (Å²) in [5.74, 6) is 0. The Kier molecular flexibility index (Phi) is 6.60. The van der Waals surface area contributed by atoms with Crippen LogP contribution in [0.25, 0.3) is 93.3 Å². The third kappa shape index (κ3) is 4.53. The number of aromatic nitrogens is 1. The molecule has 262 valence electrons. The summed E-state index contributed by atoms with van der Waals surface area (Å²) in [4.78, 5) is 2.38. The fourth-order valence-electron chi connectivity index (χ4n) is 8.85. The number of hydrogen-bond acceptors (Lipinski definition) is 3. The van der Waals surface area contributed by atoms with Gasteiger partial charge in [0.15, 0.2) is 5.58 Å². The molecular formula is C52H32N2O2. The molecule has 0 aliphatic carbocycles. The first-order valence-corrected chi connectivity index (χ1v) is 19.0. The third-order valence-electron chi connectivity index (χ3n) is 11.4. The first kappa shape index (κ1) is 30.9. The Morgan fingerprint density at radius 2 is 1.04 bits per heavy atom. The van der Waals surface area contributed by atoms with Crippen molar-refractivity contribution in [3.8, 4) is 16.8 Å². The predicted molar refractivity (Wildman–Crippen MR) is 233 cm³/mol. The number of furan rings is 2. The zero-order valence-electron chi connectivity index (χ0n) is 30.2. The number of rotatable bonds is 5. The van der Waals surface area contributed by atoms with Gasteiger partial charge >= 0.3 is 0 Å². The van der Waals surface area contributed by atoms with Crippen LogP contribution < -0.4 is 4.90 Å². The molecule has 0 amide bonds. The molecule has 3 heterocycles. The van der Waals surface area contributed by atoms with Crippen molar-refractivity contribution in [1.82, 2.24) is 4.57 Å². The zero-order chi connectivity index (χ0) is 36.7. The maximum Gasteiger partial charge on any atom is 0.159 e. The van der Waals surface area contributed by atoms with Crippen LogP contribution in [-0.4, -0.2) is 4.57 Å². The SMILES string of the molecule is c1ccc(-n2c3ccccc3c3c(N(c4ccc(-c5ccc6oc7ccccc7c6c5)cc4)c4cccc5c4oc4c6ccccc6ccc54)cccc32)cc1. The number of hydrogen-bond donors (Lipinski definition) is 0. The van der Waals surface area contributed by atoms with Gasteiger partial charge in [-0.25, -0.2) is 0 Å². The van der Waals surface area contributed by atoms with Crippen molar-refractivity contribution in [1.29, 1.82) is 0 Å². The monoisotopic (exact) mass is 716 g/mol. The number of nitrogens with zero attached hydrogens (tertiary/aromatic N) is 2. The van der Waals surface area contributed by atoms with Gasteiger partial charge in [-0.3, -0.25) is 0 Å². The normalized spacial score (nSPS) is 11.9. The highest BCUT2D eigenvalue weighted by Gasteiger charge is 2.24. The van der Waals surface area contributed by atoms with E-state index in [4.69, 9.17) is 8.83 Å². The Labute approximate surface area is 321 Å². The van der Waals surface area contributed by atoms with Crippen LogP contribution in [0.2, 0.25) is 0 Å². The summed E-state index contributed by atoms with van der Waals surface area (Å²) in [5.41, 5.74) is 12.3. The summed E-state index contributed by atoms with van der Waals surface area (Å²) >= 11 is 0. The number of anilines is 3. The van der Waals surface area contributed by atoms with E-state index in [1.807, 2.05) is 12.1 Å². The molecule has 4 heteroatoms. The van der Waals surface area contributed by atoms with Crippen LogP contribution in [-0.2, 0) is 0 Å². The molecule has 12 rings (SSSR count). The van der Waals surface area contributed by atoms with Gasteiger partial charge < -0.3 is 18.3 Å². The van der Waals surface area contributed by atoms with Gasteiger partial charge in [0, 0.05) is 49.1 Å². The van der Waals surface area contributed by atoms with E-state index in [0.29, 0.717) is 0 Å². The van der Waals surface area contributed by atoms with E-state index in [0.717, 1.165) is 99.6 Å². The van der Waals surface area contributed by atoms with Crippen LogP contribution in [0, 0.1) is 0 Å². The molecule has 0 saturated heterocycles. The minimum Gasteiger partial charge on any atom is -0.456 e. The van der Waals surface area contributed by atoms with Crippen LogP contribution in [0.3, 0.4) is 0 Å². The molecule has 0 saturated carbocycles. The summed E-state index contributed by atoms with van der Waals surface area (Å²) < 4.78 is 15.5. The van der Waals surface area contributed by atoms with E-state index < -0.39 is 0 Å². The van der Waals surface area contributed by atoms with E-state index in [9.17, 15) is 0 Å². The topological polar surface area (TPSA) is 34.5 Å². The van der Waals surface area contributed by atoms with Crippen molar-refractivity contribution in [3.63, 3.8) is 0 Å². The van der Waals surface area contributed by atoms with Crippen molar-refractivity contribution in [2.24, 2.45) is 0 Å². The highest BCUT2D eigenvalue weighted by molar-refractivity contribution is 6.20. The highest BCUT2D eigenvalue weighted by atomic mass is 16.3. The molecule has 0 atom stereocenters. The average Bonchev–Trinajstić information content (AvgIpc) is 3.95. The second-order valence-electron chi connectivity index (χ2n) is 14.5. The molecular weight excluding hydrogens is 685 g/mol. The predicted octanol–water partition coefficient (Wildman–Crippen LogP) is 14.9. The summed E-state index contributed by atoms with van der Waals surface area (Å²) in [5, 5.41) is 9.07. The summed E-state index contributed by atoms with van der Waals surface area (Å²) in [6.07, 6.45) is 0. The largest absolute Gasteiger partial charge is 0.456 e. The lowest BCUT2D eigenvalue weighted by molar-refractivity contribution is 0.669. The number of para-hydroxylation sites is 4. The molecule has 0 fully saturated rings. The van der Waals surface area contributed by atoms with E-state index in [1.54, 1.807) is 0 Å². The van der Waals surface area contributed by atoms with Crippen LogP contribution in [0.5, 0.6) is 0 Å². The average molecular weight is 717 g/mol. The fraction of sp³-hybridized carbons (Fsp3) is 0. The van der Waals surface area contributed by atoms with Crippen molar-refractivity contribution < 1.29 is 8.83 Å². The zero-order valence-corrected chi connectivity index (χ0v) is 30.2. The molecule has 3 aromatic heterocycles. The fourth-order valence-corrected chi connectivity index (χ4v) is 8.85. The highest BCUT2D eigenvalue weighted by Crippen LogP contribution is 2.48. The lowest BCUT2D eigenvalue weighted by Gasteiger charge is -2.27. The minimum atomic E-state index is 0.851.